The van der Waals surface area contributed by atoms with Crippen LogP contribution < -0.4 is 16.0 Å². The summed E-state index contributed by atoms with van der Waals surface area (Å²) in [6, 6.07) is 0.184. The third-order valence-electron chi connectivity index (χ3n) is 2.28. The molecule has 1 amide bonds. The third-order valence-corrected chi connectivity index (χ3v) is 2.28. The molecule has 0 aromatic rings. The second-order valence-corrected chi connectivity index (χ2v) is 4.45. The lowest BCUT2D eigenvalue weighted by molar-refractivity contribution is -0.121. The van der Waals surface area contributed by atoms with E-state index >= 15 is 0 Å². The van der Waals surface area contributed by atoms with Crippen LogP contribution in [-0.2, 0) is 9.53 Å². The first-order valence-corrected chi connectivity index (χ1v) is 6.91. The van der Waals surface area contributed by atoms with Crippen LogP contribution in [0.1, 0.15) is 33.6 Å². The first-order chi connectivity index (χ1) is 9.10. The van der Waals surface area contributed by atoms with Crippen LogP contribution in [0.15, 0.2) is 4.99 Å². The maximum atomic E-state index is 11.4. The fourth-order valence-electron chi connectivity index (χ4n) is 1.43. The molecule has 0 aromatic carbocycles. The van der Waals surface area contributed by atoms with Crippen molar-refractivity contribution in [2.24, 2.45) is 4.99 Å². The monoisotopic (exact) mass is 272 g/mol. The van der Waals surface area contributed by atoms with Crippen LogP contribution >= 0.6 is 0 Å². The quantitative estimate of drug-likeness (QED) is 0.324. The normalized spacial score (nSPS) is 11.5. The molecule has 0 aromatic heterocycles. The summed E-state index contributed by atoms with van der Waals surface area (Å²) in [5, 5.41) is 9.12. The molecule has 0 bridgehead atoms. The molecule has 0 aliphatic rings. The number of guanidine groups is 1. The summed E-state index contributed by atoms with van der Waals surface area (Å²) in [7, 11) is 1.71. The van der Waals surface area contributed by atoms with E-state index in [1.54, 1.807) is 7.05 Å². The average molecular weight is 272 g/mol. The lowest BCUT2D eigenvalue weighted by Gasteiger charge is -2.12. The van der Waals surface area contributed by atoms with Gasteiger partial charge in [-0.3, -0.25) is 9.79 Å². The van der Waals surface area contributed by atoms with E-state index in [1.165, 1.54) is 0 Å². The van der Waals surface area contributed by atoms with E-state index in [1.807, 2.05) is 20.8 Å². The number of carbonyl (C=O) groups is 1. The van der Waals surface area contributed by atoms with Gasteiger partial charge in [-0.05, 0) is 27.2 Å². The van der Waals surface area contributed by atoms with Gasteiger partial charge >= 0.3 is 0 Å². The minimum atomic E-state index is 0.0503. The minimum Gasteiger partial charge on any atom is -0.382 e. The van der Waals surface area contributed by atoms with Gasteiger partial charge in [0.05, 0.1) is 0 Å². The summed E-state index contributed by atoms with van der Waals surface area (Å²) in [5.41, 5.74) is 0. The molecule has 112 valence electrons. The first kappa shape index (κ1) is 17.7. The molecule has 0 aliphatic carbocycles. The smallest absolute Gasteiger partial charge is 0.221 e. The number of nitrogens with one attached hydrogen (secondary N) is 3. The SMILES string of the molecule is CCOCCCNC(=NC)NCCC(=O)NC(C)C. The van der Waals surface area contributed by atoms with E-state index in [0.29, 0.717) is 18.9 Å². The van der Waals surface area contributed by atoms with Crippen LogP contribution in [0.4, 0.5) is 0 Å². The van der Waals surface area contributed by atoms with Crippen molar-refractivity contribution in [1.82, 2.24) is 16.0 Å². The molecular formula is C13H28N4O2. The number of nitrogens with zero attached hydrogens (tertiary/aromatic N) is 1. The number of hydrogen-bond acceptors (Lipinski definition) is 3. The molecule has 0 saturated heterocycles. The molecule has 0 radical (unpaired) electrons. The number of hydrogen-bond donors (Lipinski definition) is 3. The predicted octanol–water partition coefficient (Wildman–Crippen LogP) is 0.493. The van der Waals surface area contributed by atoms with Gasteiger partial charge in [-0.15, -0.1) is 0 Å². The average Bonchev–Trinajstić information content (AvgIpc) is 2.35. The zero-order chi connectivity index (χ0) is 14.5. The van der Waals surface area contributed by atoms with Crippen LogP contribution in [0.2, 0.25) is 0 Å². The first-order valence-electron chi connectivity index (χ1n) is 6.91. The fraction of sp³-hybridized carbons (Fsp3) is 0.846. The Labute approximate surface area is 116 Å². The van der Waals surface area contributed by atoms with Crippen LogP contribution in [0.5, 0.6) is 0 Å². The van der Waals surface area contributed by atoms with Crippen molar-refractivity contribution in [1.29, 1.82) is 0 Å². The second-order valence-electron chi connectivity index (χ2n) is 4.45. The number of rotatable bonds is 9. The highest BCUT2D eigenvalue weighted by Gasteiger charge is 2.03. The molecule has 0 heterocycles. The highest BCUT2D eigenvalue weighted by atomic mass is 16.5. The summed E-state index contributed by atoms with van der Waals surface area (Å²) in [4.78, 5) is 15.5. The van der Waals surface area contributed by atoms with E-state index in [2.05, 4.69) is 20.9 Å². The number of aliphatic imine (C=N–C) groups is 1. The Balaban J connectivity index is 3.63. The van der Waals surface area contributed by atoms with Gasteiger partial charge in [-0.1, -0.05) is 0 Å². The zero-order valence-corrected chi connectivity index (χ0v) is 12.6. The Bertz CT molecular complexity index is 267. The molecule has 6 heteroatoms. The minimum absolute atomic E-state index is 0.0503. The summed E-state index contributed by atoms with van der Waals surface area (Å²) >= 11 is 0. The molecular weight excluding hydrogens is 244 g/mol. The zero-order valence-electron chi connectivity index (χ0n) is 12.6. The molecule has 3 N–H and O–H groups in total. The molecule has 0 atom stereocenters. The summed E-state index contributed by atoms with van der Waals surface area (Å²) in [5.74, 6) is 0.767. The molecule has 0 unspecified atom stereocenters. The van der Waals surface area contributed by atoms with Crippen molar-refractivity contribution in [3.05, 3.63) is 0 Å². The second kappa shape index (κ2) is 11.8. The van der Waals surface area contributed by atoms with Crippen molar-refractivity contribution in [3.8, 4) is 0 Å². The van der Waals surface area contributed by atoms with E-state index < -0.39 is 0 Å². The maximum Gasteiger partial charge on any atom is 0.221 e. The Morgan fingerprint density at radius 1 is 1.26 bits per heavy atom. The standard InChI is InChI=1S/C13H28N4O2/c1-5-19-10-6-8-15-13(14-4)16-9-7-12(18)17-11(2)3/h11H,5-10H2,1-4H3,(H,17,18)(H2,14,15,16). The third kappa shape index (κ3) is 11.5. The van der Waals surface area contributed by atoms with E-state index in [-0.39, 0.29) is 11.9 Å². The molecule has 0 rings (SSSR count). The van der Waals surface area contributed by atoms with Crippen LogP contribution in [-0.4, -0.2) is 51.3 Å². The Morgan fingerprint density at radius 2 is 1.95 bits per heavy atom. The van der Waals surface area contributed by atoms with Gasteiger partial charge in [0.15, 0.2) is 5.96 Å². The molecule has 6 nitrogen and oxygen atoms in total. The lowest BCUT2D eigenvalue weighted by atomic mass is 10.3. The van der Waals surface area contributed by atoms with Gasteiger partial charge in [0.1, 0.15) is 0 Å². The highest BCUT2D eigenvalue weighted by molar-refractivity contribution is 5.81. The topological polar surface area (TPSA) is 74.8 Å². The van der Waals surface area contributed by atoms with Crippen LogP contribution in [0.25, 0.3) is 0 Å². The number of carbonyl (C=O) groups excluding carboxylic acids is 1. The summed E-state index contributed by atoms with van der Waals surface area (Å²) in [6.45, 7) is 8.75. The molecule has 0 spiro atoms. The molecule has 0 fully saturated rings. The number of ether oxygens (including phenoxy) is 1. The van der Waals surface area contributed by atoms with Crippen LogP contribution in [0, 0.1) is 0 Å². The van der Waals surface area contributed by atoms with Crippen molar-refractivity contribution in [2.45, 2.75) is 39.7 Å². The predicted molar refractivity (Wildman–Crippen MR) is 78.4 cm³/mol. The van der Waals surface area contributed by atoms with Crippen molar-refractivity contribution >= 4 is 11.9 Å². The van der Waals surface area contributed by atoms with E-state index in [0.717, 1.165) is 26.2 Å². The molecule has 19 heavy (non-hydrogen) atoms. The lowest BCUT2D eigenvalue weighted by Crippen LogP contribution is -2.40. The number of amides is 1. The van der Waals surface area contributed by atoms with Gasteiger partial charge in [0, 0.05) is 45.8 Å². The van der Waals surface area contributed by atoms with Crippen molar-refractivity contribution in [2.75, 3.05) is 33.4 Å². The van der Waals surface area contributed by atoms with Gasteiger partial charge in [-0.2, -0.15) is 0 Å². The largest absolute Gasteiger partial charge is 0.382 e. The Morgan fingerprint density at radius 3 is 2.53 bits per heavy atom. The fourth-order valence-corrected chi connectivity index (χ4v) is 1.43. The van der Waals surface area contributed by atoms with Crippen molar-refractivity contribution in [3.63, 3.8) is 0 Å². The van der Waals surface area contributed by atoms with Gasteiger partial charge in [0.2, 0.25) is 5.91 Å². The highest BCUT2D eigenvalue weighted by Crippen LogP contribution is 1.83. The van der Waals surface area contributed by atoms with E-state index in [4.69, 9.17) is 4.74 Å². The molecule has 0 aliphatic heterocycles. The summed E-state index contributed by atoms with van der Waals surface area (Å²) < 4.78 is 5.25. The van der Waals surface area contributed by atoms with Crippen LogP contribution in [0.3, 0.4) is 0 Å². The Kier molecular flexibility index (Phi) is 11.0. The van der Waals surface area contributed by atoms with Crippen molar-refractivity contribution < 1.29 is 9.53 Å². The van der Waals surface area contributed by atoms with Gasteiger partial charge in [-0.25, -0.2) is 0 Å². The Hall–Kier alpha value is -1.30. The summed E-state index contributed by atoms with van der Waals surface area (Å²) in [6.07, 6.45) is 1.38. The van der Waals surface area contributed by atoms with Gasteiger partial charge < -0.3 is 20.7 Å². The van der Waals surface area contributed by atoms with E-state index in [9.17, 15) is 4.79 Å². The van der Waals surface area contributed by atoms with Gasteiger partial charge in [0.25, 0.3) is 0 Å². The maximum absolute atomic E-state index is 11.4. The molecule has 0 saturated carbocycles.